The second kappa shape index (κ2) is 8.77. The van der Waals surface area contributed by atoms with Crippen molar-refractivity contribution >= 4 is 18.4 Å². The highest BCUT2D eigenvalue weighted by atomic mass is 35.5. The zero-order chi connectivity index (χ0) is 8.69. The molecule has 0 spiro atoms. The van der Waals surface area contributed by atoms with Gasteiger partial charge in [-0.3, -0.25) is 4.79 Å². The fourth-order valence-corrected chi connectivity index (χ4v) is 0.514. The maximum absolute atomic E-state index is 10.5. The maximum Gasteiger partial charge on any atom is 0.307 e. The monoisotopic (exact) mass is 197 g/mol. The Morgan fingerprint density at radius 3 is 2.58 bits per heavy atom. The maximum atomic E-state index is 10.5. The predicted molar refractivity (Wildman–Crippen MR) is 48.3 cm³/mol. The molecule has 0 saturated carbocycles. The Hall–Kier alpha value is -0.320. The number of methoxy groups -OCH3 is 1. The number of carbonyl (C=O) groups is 1. The summed E-state index contributed by atoms with van der Waals surface area (Å²) in [5.41, 5.74) is 5.28. The molecule has 0 aromatic heterocycles. The second-order valence-electron chi connectivity index (χ2n) is 2.24. The molecule has 1 unspecified atom stereocenters. The first-order valence-corrected chi connectivity index (χ1v) is 3.59. The molecule has 0 heterocycles. The molecule has 0 aliphatic carbocycles. The van der Waals surface area contributed by atoms with Crippen molar-refractivity contribution in [2.75, 3.05) is 20.3 Å². The van der Waals surface area contributed by atoms with Crippen molar-refractivity contribution in [3.05, 3.63) is 0 Å². The van der Waals surface area contributed by atoms with Crippen LogP contribution in [0.5, 0.6) is 0 Å². The highest BCUT2D eigenvalue weighted by Gasteiger charge is 2.02. The van der Waals surface area contributed by atoms with Crippen LogP contribution in [0.1, 0.15) is 13.3 Å². The van der Waals surface area contributed by atoms with Gasteiger partial charge in [0.1, 0.15) is 0 Å². The van der Waals surface area contributed by atoms with Crippen LogP contribution in [-0.4, -0.2) is 32.3 Å². The number of rotatable bonds is 5. The van der Waals surface area contributed by atoms with Gasteiger partial charge in [-0.15, -0.1) is 12.4 Å². The first kappa shape index (κ1) is 14.2. The number of nitrogens with two attached hydrogens (primary N) is 1. The molecule has 0 bridgehead atoms. The fourth-order valence-electron chi connectivity index (χ4n) is 0.514. The van der Waals surface area contributed by atoms with E-state index in [1.165, 1.54) is 7.11 Å². The summed E-state index contributed by atoms with van der Waals surface area (Å²) in [5, 5.41) is 0. The van der Waals surface area contributed by atoms with Gasteiger partial charge in [-0.05, 0) is 6.92 Å². The number of esters is 1. The average Bonchev–Trinajstić information content (AvgIpc) is 2.04. The van der Waals surface area contributed by atoms with Gasteiger partial charge in [0.25, 0.3) is 0 Å². The summed E-state index contributed by atoms with van der Waals surface area (Å²) < 4.78 is 9.55. The summed E-state index contributed by atoms with van der Waals surface area (Å²) in [7, 11) is 1.36. The smallest absolute Gasteiger partial charge is 0.307 e. The Kier molecular flexibility index (Phi) is 10.4. The molecule has 0 rings (SSSR count). The van der Waals surface area contributed by atoms with E-state index in [0.29, 0.717) is 19.6 Å². The van der Waals surface area contributed by atoms with Crippen LogP contribution >= 0.6 is 12.4 Å². The summed E-state index contributed by atoms with van der Waals surface area (Å²) in [5.74, 6) is -0.255. The molecular weight excluding hydrogens is 182 g/mol. The zero-order valence-corrected chi connectivity index (χ0v) is 8.23. The number of hydrogen-bond acceptors (Lipinski definition) is 4. The van der Waals surface area contributed by atoms with Crippen molar-refractivity contribution in [3.8, 4) is 0 Å². The molecule has 0 aliphatic rings. The van der Waals surface area contributed by atoms with Crippen molar-refractivity contribution in [2.45, 2.75) is 19.4 Å². The average molecular weight is 198 g/mol. The lowest BCUT2D eigenvalue weighted by molar-refractivity contribution is -0.142. The Morgan fingerprint density at radius 1 is 1.58 bits per heavy atom. The molecule has 1 atom stereocenters. The third-order valence-corrected chi connectivity index (χ3v) is 1.27. The minimum absolute atomic E-state index is 0. The van der Waals surface area contributed by atoms with Crippen molar-refractivity contribution in [3.63, 3.8) is 0 Å². The number of ether oxygens (including phenoxy) is 2. The molecule has 0 aliphatic heterocycles. The zero-order valence-electron chi connectivity index (χ0n) is 7.41. The molecule has 0 radical (unpaired) electrons. The van der Waals surface area contributed by atoms with Crippen LogP contribution in [0.4, 0.5) is 0 Å². The normalized spacial score (nSPS) is 11.6. The van der Waals surface area contributed by atoms with Crippen LogP contribution in [0.15, 0.2) is 0 Å². The molecule has 0 aromatic rings. The van der Waals surface area contributed by atoms with E-state index < -0.39 is 0 Å². The molecule has 0 aromatic carbocycles. The summed E-state index contributed by atoms with van der Waals surface area (Å²) in [6.45, 7) is 2.71. The Morgan fingerprint density at radius 2 is 2.17 bits per heavy atom. The van der Waals surface area contributed by atoms with Gasteiger partial charge in [-0.2, -0.15) is 0 Å². The van der Waals surface area contributed by atoms with Gasteiger partial charge in [0.15, 0.2) is 0 Å². The SMILES string of the molecule is COC(=O)CCOC(C)CN.Cl. The number of halogens is 1. The quantitative estimate of drug-likeness (QED) is 0.646. The number of carbonyl (C=O) groups excluding carboxylic acids is 1. The van der Waals surface area contributed by atoms with Crippen molar-refractivity contribution < 1.29 is 14.3 Å². The molecular formula is C7H16ClNO3. The van der Waals surface area contributed by atoms with Crippen molar-refractivity contribution in [1.29, 1.82) is 0 Å². The summed E-state index contributed by atoms with van der Waals surface area (Å²) in [6.07, 6.45) is 0.306. The molecule has 2 N–H and O–H groups in total. The van der Waals surface area contributed by atoms with Crippen molar-refractivity contribution in [1.82, 2.24) is 0 Å². The molecule has 4 nitrogen and oxygen atoms in total. The molecule has 0 fully saturated rings. The summed E-state index contributed by atoms with van der Waals surface area (Å²) in [4.78, 5) is 10.5. The highest BCUT2D eigenvalue weighted by molar-refractivity contribution is 5.85. The van der Waals surface area contributed by atoms with E-state index in [9.17, 15) is 4.79 Å². The van der Waals surface area contributed by atoms with Crippen LogP contribution in [0, 0.1) is 0 Å². The third-order valence-electron chi connectivity index (χ3n) is 1.27. The van der Waals surface area contributed by atoms with Crippen molar-refractivity contribution in [2.24, 2.45) is 5.73 Å². The standard InChI is InChI=1S/C7H15NO3.ClH/c1-6(5-8)11-4-3-7(9)10-2;/h6H,3-5,8H2,1-2H3;1H. The van der Waals surface area contributed by atoms with Gasteiger partial charge in [-0.1, -0.05) is 0 Å². The van der Waals surface area contributed by atoms with E-state index in [0.717, 1.165) is 0 Å². The highest BCUT2D eigenvalue weighted by Crippen LogP contribution is 1.91. The first-order chi connectivity index (χ1) is 5.20. The molecule has 74 valence electrons. The van der Waals surface area contributed by atoms with Crippen LogP contribution < -0.4 is 5.73 Å². The van der Waals surface area contributed by atoms with Gasteiger partial charge >= 0.3 is 5.97 Å². The van der Waals surface area contributed by atoms with E-state index in [4.69, 9.17) is 10.5 Å². The number of hydrogen-bond donors (Lipinski definition) is 1. The molecule has 0 amide bonds. The van der Waals surface area contributed by atoms with E-state index in [1.54, 1.807) is 0 Å². The topological polar surface area (TPSA) is 61.5 Å². The lowest BCUT2D eigenvalue weighted by atomic mass is 10.4. The lowest BCUT2D eigenvalue weighted by Gasteiger charge is -2.08. The van der Waals surface area contributed by atoms with Gasteiger partial charge in [-0.25, -0.2) is 0 Å². The second-order valence-corrected chi connectivity index (χ2v) is 2.24. The lowest BCUT2D eigenvalue weighted by Crippen LogP contribution is -2.21. The molecule has 5 heteroatoms. The molecule has 12 heavy (non-hydrogen) atoms. The van der Waals surface area contributed by atoms with Crippen LogP contribution in [-0.2, 0) is 14.3 Å². The minimum atomic E-state index is -0.255. The van der Waals surface area contributed by atoms with Crippen LogP contribution in [0.2, 0.25) is 0 Å². The van der Waals surface area contributed by atoms with E-state index in [-0.39, 0.29) is 24.5 Å². The van der Waals surface area contributed by atoms with Gasteiger partial charge in [0, 0.05) is 6.54 Å². The van der Waals surface area contributed by atoms with E-state index >= 15 is 0 Å². The third kappa shape index (κ3) is 7.78. The Bertz CT molecular complexity index is 121. The van der Waals surface area contributed by atoms with Gasteiger partial charge in [0.05, 0.1) is 26.2 Å². The first-order valence-electron chi connectivity index (χ1n) is 3.59. The summed E-state index contributed by atoms with van der Waals surface area (Å²) >= 11 is 0. The summed E-state index contributed by atoms with van der Waals surface area (Å²) in [6, 6.07) is 0. The van der Waals surface area contributed by atoms with Gasteiger partial charge in [0.2, 0.25) is 0 Å². The van der Waals surface area contributed by atoms with E-state index in [2.05, 4.69) is 4.74 Å². The van der Waals surface area contributed by atoms with Crippen LogP contribution in [0.25, 0.3) is 0 Å². The van der Waals surface area contributed by atoms with Gasteiger partial charge < -0.3 is 15.2 Å². The Balaban J connectivity index is 0. The predicted octanol–water partition coefficient (Wildman–Crippen LogP) is 0.335. The molecule has 0 saturated heterocycles. The van der Waals surface area contributed by atoms with Crippen LogP contribution in [0.3, 0.4) is 0 Å². The van der Waals surface area contributed by atoms with E-state index in [1.807, 2.05) is 6.92 Å². The Labute approximate surface area is 78.8 Å². The minimum Gasteiger partial charge on any atom is -0.469 e. The fraction of sp³-hybridized carbons (Fsp3) is 0.857. The largest absolute Gasteiger partial charge is 0.469 e.